The summed E-state index contributed by atoms with van der Waals surface area (Å²) in [5.41, 5.74) is 3.55. The molecule has 4 rings (SSSR count). The molecule has 3 heterocycles. The summed E-state index contributed by atoms with van der Waals surface area (Å²) in [5, 5.41) is 4.68. The van der Waals surface area contributed by atoms with Gasteiger partial charge in [0, 0.05) is 37.5 Å². The second-order valence-electron chi connectivity index (χ2n) is 7.50. The van der Waals surface area contributed by atoms with E-state index in [1.165, 1.54) is 24.1 Å². The molecule has 1 aliphatic carbocycles. The Labute approximate surface area is 143 Å². The Morgan fingerprint density at radius 1 is 1.17 bits per heavy atom. The number of nitrogens with zero attached hydrogens (tertiary/aromatic N) is 4. The van der Waals surface area contributed by atoms with Crippen molar-refractivity contribution in [2.24, 2.45) is 18.9 Å². The van der Waals surface area contributed by atoms with Crippen molar-refractivity contribution in [3.63, 3.8) is 0 Å². The molecule has 2 aromatic rings. The van der Waals surface area contributed by atoms with Crippen molar-refractivity contribution >= 4 is 5.91 Å². The highest BCUT2D eigenvalue weighted by atomic mass is 16.2. The number of fused-ring (bicyclic) bond motifs is 1. The molecule has 0 bridgehead atoms. The maximum atomic E-state index is 12.9. The summed E-state index contributed by atoms with van der Waals surface area (Å²) in [7, 11) is 1.99. The second kappa shape index (κ2) is 6.11. The summed E-state index contributed by atoms with van der Waals surface area (Å²) in [6.07, 6.45) is 8.61. The van der Waals surface area contributed by atoms with E-state index >= 15 is 0 Å². The van der Waals surface area contributed by atoms with E-state index in [2.05, 4.69) is 29.0 Å². The molecule has 24 heavy (non-hydrogen) atoms. The molecule has 0 radical (unpaired) electrons. The fourth-order valence-corrected chi connectivity index (χ4v) is 4.17. The van der Waals surface area contributed by atoms with Gasteiger partial charge >= 0.3 is 0 Å². The summed E-state index contributed by atoms with van der Waals surface area (Å²) in [5.74, 6) is 1.36. The molecular weight excluding hydrogens is 300 g/mol. The molecule has 0 N–H and O–H groups in total. The molecule has 5 heteroatoms. The summed E-state index contributed by atoms with van der Waals surface area (Å²) in [6.45, 7) is 4.52. The van der Waals surface area contributed by atoms with Crippen molar-refractivity contribution in [1.82, 2.24) is 19.2 Å². The standard InChI is InChI=1S/C19H26N4O/c1-14-5-7-15(8-6-14)19(24)23-11-16-17(12-22-9-3-4-10-22)20-21(2)18(16)13-23/h3-4,9-10,14-15H,5-8,11-13H2,1-2H3. The van der Waals surface area contributed by atoms with Crippen LogP contribution in [0.3, 0.4) is 0 Å². The van der Waals surface area contributed by atoms with Gasteiger partial charge in [-0.2, -0.15) is 5.10 Å². The summed E-state index contributed by atoms with van der Waals surface area (Å²) >= 11 is 0. The molecule has 1 saturated carbocycles. The highest BCUT2D eigenvalue weighted by Crippen LogP contribution is 2.33. The molecule has 1 aliphatic heterocycles. The van der Waals surface area contributed by atoms with Crippen LogP contribution >= 0.6 is 0 Å². The van der Waals surface area contributed by atoms with Crippen LogP contribution < -0.4 is 0 Å². The van der Waals surface area contributed by atoms with Crippen LogP contribution in [0.1, 0.15) is 49.6 Å². The van der Waals surface area contributed by atoms with Gasteiger partial charge in [0.15, 0.2) is 0 Å². The Kier molecular flexibility index (Phi) is 3.94. The van der Waals surface area contributed by atoms with E-state index in [1.807, 2.05) is 28.8 Å². The number of rotatable bonds is 3. The molecule has 0 saturated heterocycles. The van der Waals surface area contributed by atoms with Crippen LogP contribution in [0.5, 0.6) is 0 Å². The number of carbonyl (C=O) groups is 1. The third-order valence-electron chi connectivity index (χ3n) is 5.72. The Bertz CT molecular complexity index is 723. The summed E-state index contributed by atoms with van der Waals surface area (Å²) in [4.78, 5) is 15.0. The lowest BCUT2D eigenvalue weighted by atomic mass is 9.82. The third kappa shape index (κ3) is 2.76. The number of aryl methyl sites for hydroxylation is 1. The van der Waals surface area contributed by atoms with E-state index in [0.717, 1.165) is 44.1 Å². The molecule has 0 spiro atoms. The normalized spacial score (nSPS) is 23.5. The van der Waals surface area contributed by atoms with E-state index in [1.54, 1.807) is 0 Å². The van der Waals surface area contributed by atoms with Gasteiger partial charge in [-0.3, -0.25) is 9.48 Å². The number of amides is 1. The average Bonchev–Trinajstić information content (AvgIpc) is 3.28. The molecule has 0 aromatic carbocycles. The maximum absolute atomic E-state index is 12.9. The number of aromatic nitrogens is 3. The Morgan fingerprint density at radius 3 is 2.58 bits per heavy atom. The lowest BCUT2D eigenvalue weighted by Gasteiger charge is -2.29. The van der Waals surface area contributed by atoms with E-state index in [9.17, 15) is 4.79 Å². The predicted octanol–water partition coefficient (Wildman–Crippen LogP) is 2.94. The van der Waals surface area contributed by atoms with Gasteiger partial charge in [-0.25, -0.2) is 0 Å². The molecule has 128 valence electrons. The van der Waals surface area contributed by atoms with Gasteiger partial charge in [-0.15, -0.1) is 0 Å². The fourth-order valence-electron chi connectivity index (χ4n) is 4.17. The SMILES string of the molecule is CC1CCC(C(=O)N2Cc3c(Cn4cccc4)nn(C)c3C2)CC1. The number of carbonyl (C=O) groups excluding carboxylic acids is 1. The lowest BCUT2D eigenvalue weighted by molar-refractivity contribution is -0.137. The van der Waals surface area contributed by atoms with Crippen LogP contribution in [0.4, 0.5) is 0 Å². The molecule has 2 aromatic heterocycles. The van der Waals surface area contributed by atoms with Crippen molar-refractivity contribution in [1.29, 1.82) is 0 Å². The minimum absolute atomic E-state index is 0.233. The van der Waals surface area contributed by atoms with Crippen molar-refractivity contribution < 1.29 is 4.79 Å². The van der Waals surface area contributed by atoms with Crippen molar-refractivity contribution in [3.8, 4) is 0 Å². The highest BCUT2D eigenvalue weighted by Gasteiger charge is 2.34. The highest BCUT2D eigenvalue weighted by molar-refractivity contribution is 5.79. The topological polar surface area (TPSA) is 43.1 Å². The van der Waals surface area contributed by atoms with E-state index in [4.69, 9.17) is 0 Å². The first-order chi connectivity index (χ1) is 11.6. The third-order valence-corrected chi connectivity index (χ3v) is 5.72. The molecule has 2 aliphatic rings. The van der Waals surface area contributed by atoms with E-state index in [-0.39, 0.29) is 5.92 Å². The quantitative estimate of drug-likeness (QED) is 0.870. The first kappa shape index (κ1) is 15.5. The van der Waals surface area contributed by atoms with Crippen LogP contribution in [0.15, 0.2) is 24.5 Å². The van der Waals surface area contributed by atoms with Crippen molar-refractivity contribution in [2.75, 3.05) is 0 Å². The molecule has 1 fully saturated rings. The molecule has 5 nitrogen and oxygen atoms in total. The van der Waals surface area contributed by atoms with Gasteiger partial charge in [0.05, 0.1) is 24.5 Å². The fraction of sp³-hybridized carbons (Fsp3) is 0.579. The Balaban J connectivity index is 1.48. The zero-order chi connectivity index (χ0) is 16.7. The monoisotopic (exact) mass is 326 g/mol. The molecular formula is C19H26N4O. The van der Waals surface area contributed by atoms with Gasteiger partial charge in [0.1, 0.15) is 0 Å². The van der Waals surface area contributed by atoms with E-state index < -0.39 is 0 Å². The largest absolute Gasteiger partial charge is 0.348 e. The van der Waals surface area contributed by atoms with Gasteiger partial charge in [-0.1, -0.05) is 6.92 Å². The first-order valence-electron chi connectivity index (χ1n) is 9.05. The maximum Gasteiger partial charge on any atom is 0.226 e. The molecule has 0 atom stereocenters. The zero-order valence-electron chi connectivity index (χ0n) is 14.6. The lowest BCUT2D eigenvalue weighted by Crippen LogP contribution is -2.34. The van der Waals surface area contributed by atoms with Crippen molar-refractivity contribution in [3.05, 3.63) is 41.5 Å². The van der Waals surface area contributed by atoms with Crippen LogP contribution in [0.2, 0.25) is 0 Å². The van der Waals surface area contributed by atoms with Crippen LogP contribution in [-0.2, 0) is 31.5 Å². The van der Waals surface area contributed by atoms with Gasteiger partial charge in [0.25, 0.3) is 0 Å². The van der Waals surface area contributed by atoms with E-state index in [0.29, 0.717) is 5.91 Å². The van der Waals surface area contributed by atoms with Crippen LogP contribution in [-0.4, -0.2) is 25.2 Å². The first-order valence-corrected chi connectivity index (χ1v) is 9.05. The van der Waals surface area contributed by atoms with Crippen LogP contribution in [0.25, 0.3) is 0 Å². The van der Waals surface area contributed by atoms with Crippen molar-refractivity contribution in [2.45, 2.75) is 52.2 Å². The molecule has 1 amide bonds. The number of hydrogen-bond acceptors (Lipinski definition) is 2. The minimum Gasteiger partial charge on any atom is -0.348 e. The summed E-state index contributed by atoms with van der Waals surface area (Å²) in [6, 6.07) is 4.06. The Morgan fingerprint density at radius 2 is 1.88 bits per heavy atom. The Hall–Kier alpha value is -2.04. The zero-order valence-corrected chi connectivity index (χ0v) is 14.6. The van der Waals surface area contributed by atoms with Gasteiger partial charge in [-0.05, 0) is 43.7 Å². The summed E-state index contributed by atoms with van der Waals surface area (Å²) < 4.78 is 4.10. The average molecular weight is 326 g/mol. The second-order valence-corrected chi connectivity index (χ2v) is 7.50. The van der Waals surface area contributed by atoms with Gasteiger partial charge < -0.3 is 9.47 Å². The van der Waals surface area contributed by atoms with Gasteiger partial charge in [0.2, 0.25) is 5.91 Å². The smallest absolute Gasteiger partial charge is 0.226 e. The minimum atomic E-state index is 0.233. The predicted molar refractivity (Wildman–Crippen MR) is 92.1 cm³/mol. The number of hydrogen-bond donors (Lipinski definition) is 0. The molecule has 0 unspecified atom stereocenters. The van der Waals surface area contributed by atoms with Crippen LogP contribution in [0, 0.1) is 11.8 Å².